The number of nitrogens with zero attached hydrogens (tertiary/aromatic N) is 3. The van der Waals surface area contributed by atoms with Crippen molar-refractivity contribution in [3.05, 3.63) is 72.8 Å². The van der Waals surface area contributed by atoms with Crippen molar-refractivity contribution >= 4 is 35.3 Å². The highest BCUT2D eigenvalue weighted by atomic mass is 16.5. The van der Waals surface area contributed by atoms with Gasteiger partial charge in [0, 0.05) is 0 Å². The lowest BCUT2D eigenvalue weighted by molar-refractivity contribution is 0.0293. The first kappa shape index (κ1) is 25.8. The summed E-state index contributed by atoms with van der Waals surface area (Å²) in [6, 6.07) is 20.3. The van der Waals surface area contributed by atoms with Crippen molar-refractivity contribution in [1.29, 1.82) is 0 Å². The Morgan fingerprint density at radius 2 is 0.833 bits per heavy atom. The van der Waals surface area contributed by atoms with Gasteiger partial charge in [0.2, 0.25) is 18.2 Å². The third-order valence-electron chi connectivity index (χ3n) is 5.42. The van der Waals surface area contributed by atoms with Crippen LogP contribution in [-0.2, 0) is 14.4 Å². The highest BCUT2D eigenvalue weighted by Crippen LogP contribution is 2.29. The normalized spacial score (nSPS) is 11.6. The van der Waals surface area contributed by atoms with Crippen LogP contribution in [0.15, 0.2) is 87.8 Å². The molecule has 0 heterocycles. The monoisotopic (exact) mass is 485 g/mol. The molecule has 0 saturated carbocycles. The predicted octanol–water partition coefficient (Wildman–Crippen LogP) is 5.52. The van der Waals surface area contributed by atoms with Gasteiger partial charge in [-0.05, 0) is 79.2 Å². The van der Waals surface area contributed by atoms with E-state index in [0.29, 0.717) is 40.7 Å². The molecule has 0 spiro atoms. The number of hydrogen-bond donors (Lipinski definition) is 0. The van der Waals surface area contributed by atoms with Crippen LogP contribution >= 0.6 is 0 Å². The first-order valence-corrected chi connectivity index (χ1v) is 11.0. The summed E-state index contributed by atoms with van der Waals surface area (Å²) in [5.74, 6) is 1.81. The Kier molecular flexibility index (Phi) is 9.45. The maximum atomic E-state index is 10.4. The van der Waals surface area contributed by atoms with Gasteiger partial charge < -0.3 is 14.2 Å². The van der Waals surface area contributed by atoms with Gasteiger partial charge in [0.25, 0.3) is 0 Å². The average Bonchev–Trinajstić information content (AvgIpc) is 2.91. The van der Waals surface area contributed by atoms with E-state index >= 15 is 0 Å². The summed E-state index contributed by atoms with van der Waals surface area (Å²) in [7, 11) is 0. The number of carbonyl (C=O) groups excluding carboxylic acids is 3. The first-order chi connectivity index (χ1) is 17.6. The van der Waals surface area contributed by atoms with Gasteiger partial charge in [0.15, 0.2) is 0 Å². The van der Waals surface area contributed by atoms with Crippen LogP contribution in [0.25, 0.3) is 0 Å². The van der Waals surface area contributed by atoms with Crippen LogP contribution < -0.4 is 14.2 Å². The summed E-state index contributed by atoms with van der Waals surface area (Å²) in [5, 5.41) is 0. The molecular weight excluding hydrogens is 462 g/mol. The lowest BCUT2D eigenvalue weighted by Gasteiger charge is -2.32. The van der Waals surface area contributed by atoms with Gasteiger partial charge in [-0.1, -0.05) is 6.92 Å². The summed E-state index contributed by atoms with van der Waals surface area (Å²) in [4.78, 5) is 42.1. The number of aliphatic imine (C=N–C) groups is 3. The number of ether oxygens (including phenoxy) is 3. The van der Waals surface area contributed by atoms with E-state index in [9.17, 15) is 14.4 Å². The largest absolute Gasteiger partial charge is 0.493 e. The van der Waals surface area contributed by atoms with E-state index in [0.717, 1.165) is 0 Å². The van der Waals surface area contributed by atoms with Crippen LogP contribution in [0.4, 0.5) is 17.1 Å². The third-order valence-corrected chi connectivity index (χ3v) is 5.42. The molecule has 3 rings (SSSR count). The van der Waals surface area contributed by atoms with Gasteiger partial charge in [0.05, 0.1) is 22.5 Å². The predicted molar refractivity (Wildman–Crippen MR) is 132 cm³/mol. The fourth-order valence-corrected chi connectivity index (χ4v) is 3.15. The first-order valence-electron chi connectivity index (χ1n) is 11.0. The molecule has 0 bridgehead atoms. The minimum Gasteiger partial charge on any atom is -0.493 e. The van der Waals surface area contributed by atoms with Gasteiger partial charge in [-0.3, -0.25) is 0 Å². The molecule has 0 aliphatic rings. The fraction of sp³-hybridized carbons (Fsp3) is 0.222. The lowest BCUT2D eigenvalue weighted by Crippen LogP contribution is -2.40. The summed E-state index contributed by atoms with van der Waals surface area (Å²) in [5.41, 5.74) is 0.903. The van der Waals surface area contributed by atoms with Crippen LogP contribution in [0.3, 0.4) is 0 Å². The molecule has 0 saturated heterocycles. The van der Waals surface area contributed by atoms with Crippen LogP contribution in [0.5, 0.6) is 17.2 Å². The molecule has 36 heavy (non-hydrogen) atoms. The minimum atomic E-state index is -0.543. The number of benzene rings is 3. The summed E-state index contributed by atoms with van der Waals surface area (Å²) >= 11 is 0. The summed E-state index contributed by atoms with van der Waals surface area (Å²) in [6.45, 7) is 2.85. The Morgan fingerprint density at radius 3 is 1.06 bits per heavy atom. The van der Waals surface area contributed by atoms with Crippen molar-refractivity contribution in [1.82, 2.24) is 0 Å². The zero-order valence-electron chi connectivity index (χ0n) is 19.5. The molecule has 3 aromatic carbocycles. The second-order valence-electron chi connectivity index (χ2n) is 7.81. The molecule has 0 unspecified atom stereocenters. The van der Waals surface area contributed by atoms with E-state index < -0.39 is 5.41 Å². The molecule has 0 N–H and O–H groups in total. The highest BCUT2D eigenvalue weighted by molar-refractivity contribution is 5.51. The molecule has 0 aromatic heterocycles. The molecule has 0 aliphatic carbocycles. The van der Waals surface area contributed by atoms with E-state index in [2.05, 4.69) is 15.0 Å². The van der Waals surface area contributed by atoms with Crippen molar-refractivity contribution in [2.24, 2.45) is 20.4 Å². The van der Waals surface area contributed by atoms with E-state index in [4.69, 9.17) is 14.2 Å². The Bertz CT molecular complexity index is 1110. The molecule has 0 atom stereocenters. The van der Waals surface area contributed by atoms with Crippen molar-refractivity contribution in [2.45, 2.75) is 13.3 Å². The third kappa shape index (κ3) is 7.62. The zero-order valence-corrected chi connectivity index (χ0v) is 19.5. The summed E-state index contributed by atoms with van der Waals surface area (Å²) in [6.07, 6.45) is 5.19. The molecule has 0 aliphatic heterocycles. The van der Waals surface area contributed by atoms with Gasteiger partial charge in [-0.2, -0.15) is 15.0 Å². The maximum Gasteiger partial charge on any atom is 0.240 e. The van der Waals surface area contributed by atoms with Crippen LogP contribution in [-0.4, -0.2) is 38.1 Å². The van der Waals surface area contributed by atoms with Crippen molar-refractivity contribution < 1.29 is 28.6 Å². The van der Waals surface area contributed by atoms with Crippen molar-refractivity contribution in [3.8, 4) is 17.2 Å². The van der Waals surface area contributed by atoms with Crippen molar-refractivity contribution in [3.63, 3.8) is 0 Å². The quantitative estimate of drug-likeness (QED) is 0.232. The Labute approximate surface area is 207 Å². The smallest absolute Gasteiger partial charge is 0.240 e. The second kappa shape index (κ2) is 13.2. The van der Waals surface area contributed by atoms with E-state index in [-0.39, 0.29) is 19.8 Å². The topological polar surface area (TPSA) is 116 Å². The Balaban J connectivity index is 1.75. The molecular formula is C27H23N3O6. The van der Waals surface area contributed by atoms with E-state index in [1.54, 1.807) is 72.8 Å². The molecule has 182 valence electrons. The summed E-state index contributed by atoms with van der Waals surface area (Å²) < 4.78 is 18.2. The molecule has 9 heteroatoms. The second-order valence-corrected chi connectivity index (χ2v) is 7.81. The number of isocyanates is 3. The van der Waals surface area contributed by atoms with Crippen LogP contribution in [0, 0.1) is 5.41 Å². The minimum absolute atomic E-state index is 0.279. The average molecular weight is 485 g/mol. The van der Waals surface area contributed by atoms with Crippen molar-refractivity contribution in [2.75, 3.05) is 19.8 Å². The molecule has 3 aromatic rings. The van der Waals surface area contributed by atoms with Gasteiger partial charge in [-0.15, -0.1) is 0 Å². The standard InChI is InChI=1S/C27H23N3O6/c1-2-27(15-34-24-9-3-21(4-10-24)28-18-31,16-35-25-11-5-22(6-12-25)29-19-32)17-36-26-13-7-23(8-14-26)30-20-33/h3-14H,2,15-17H2,1H3. The van der Waals surface area contributed by atoms with Crippen LogP contribution in [0.1, 0.15) is 13.3 Å². The fourth-order valence-electron chi connectivity index (χ4n) is 3.15. The Hall–Kier alpha value is -4.80. The van der Waals surface area contributed by atoms with Gasteiger partial charge in [-0.25, -0.2) is 14.4 Å². The number of hydrogen-bond acceptors (Lipinski definition) is 9. The van der Waals surface area contributed by atoms with E-state index in [1.165, 1.54) is 18.2 Å². The van der Waals surface area contributed by atoms with E-state index in [1.807, 2.05) is 6.92 Å². The van der Waals surface area contributed by atoms with Crippen LogP contribution in [0.2, 0.25) is 0 Å². The molecule has 0 amide bonds. The molecule has 9 nitrogen and oxygen atoms in total. The zero-order chi connectivity index (χ0) is 25.6. The lowest BCUT2D eigenvalue weighted by atomic mass is 9.88. The highest BCUT2D eigenvalue weighted by Gasteiger charge is 2.32. The molecule has 0 radical (unpaired) electrons. The molecule has 0 fully saturated rings. The van der Waals surface area contributed by atoms with Gasteiger partial charge >= 0.3 is 0 Å². The number of rotatable bonds is 13. The maximum absolute atomic E-state index is 10.4. The SMILES string of the molecule is CCC(COc1ccc(N=C=O)cc1)(COc1ccc(N=C=O)cc1)COc1ccc(N=C=O)cc1. The van der Waals surface area contributed by atoms with Gasteiger partial charge in [0.1, 0.15) is 37.1 Å². The Morgan fingerprint density at radius 1 is 0.556 bits per heavy atom.